The second-order valence-corrected chi connectivity index (χ2v) is 4.95. The molecule has 19 heavy (non-hydrogen) atoms. The van der Waals surface area contributed by atoms with E-state index in [0.29, 0.717) is 18.7 Å². The number of anilines is 1. The molecule has 1 atom stereocenters. The van der Waals surface area contributed by atoms with E-state index in [1.807, 2.05) is 0 Å². The zero-order valence-electron chi connectivity index (χ0n) is 10.3. The van der Waals surface area contributed by atoms with Crippen LogP contribution in [-0.4, -0.2) is 29.6 Å². The molecule has 1 unspecified atom stereocenters. The number of rotatable bonds is 3. The minimum absolute atomic E-state index is 0.192. The van der Waals surface area contributed by atoms with E-state index in [1.165, 1.54) is 0 Å². The van der Waals surface area contributed by atoms with E-state index in [2.05, 4.69) is 0 Å². The minimum atomic E-state index is -0.893. The summed E-state index contributed by atoms with van der Waals surface area (Å²) < 4.78 is 0. The first-order valence-electron chi connectivity index (χ1n) is 6.10. The highest BCUT2D eigenvalue weighted by molar-refractivity contribution is 6.34. The average Bonchev–Trinajstić information content (AvgIpc) is 2.37. The molecule has 0 aromatic heterocycles. The third-order valence-electron chi connectivity index (χ3n) is 3.34. The fraction of sp³-hybridized carbons (Fsp3) is 0.385. The van der Waals surface area contributed by atoms with Crippen LogP contribution in [0.25, 0.3) is 0 Å². The normalized spacial score (nSPS) is 19.2. The number of carboxylic acids is 1. The Kier molecular flexibility index (Phi) is 3.95. The molecule has 3 N–H and O–H groups in total. The van der Waals surface area contributed by atoms with Crippen molar-refractivity contribution in [3.8, 4) is 0 Å². The van der Waals surface area contributed by atoms with E-state index >= 15 is 0 Å². The third kappa shape index (κ3) is 2.66. The highest BCUT2D eigenvalue weighted by Gasteiger charge is 2.31. The number of amides is 1. The maximum atomic E-state index is 11.5. The molecule has 0 bridgehead atoms. The number of nitrogens with zero attached hydrogens (tertiary/aromatic N) is 1. The van der Waals surface area contributed by atoms with E-state index in [0.717, 1.165) is 12.8 Å². The number of benzene rings is 1. The number of nitrogens with two attached hydrogens (primary N) is 1. The monoisotopic (exact) mass is 282 g/mol. The summed E-state index contributed by atoms with van der Waals surface area (Å²) >= 11 is 6.00. The maximum Gasteiger partial charge on any atom is 0.326 e. The van der Waals surface area contributed by atoms with Crippen LogP contribution in [-0.2, 0) is 4.79 Å². The van der Waals surface area contributed by atoms with Gasteiger partial charge in [0.05, 0.1) is 16.3 Å². The first-order valence-corrected chi connectivity index (χ1v) is 6.48. The predicted molar refractivity (Wildman–Crippen MR) is 72.6 cm³/mol. The fourth-order valence-electron chi connectivity index (χ4n) is 2.47. The second-order valence-electron chi connectivity index (χ2n) is 4.54. The van der Waals surface area contributed by atoms with Crippen molar-refractivity contribution in [2.24, 2.45) is 5.73 Å². The summed E-state index contributed by atoms with van der Waals surface area (Å²) in [6.45, 7) is 0.581. The van der Waals surface area contributed by atoms with Gasteiger partial charge in [-0.15, -0.1) is 0 Å². The first-order chi connectivity index (χ1) is 9.02. The van der Waals surface area contributed by atoms with Gasteiger partial charge in [0.25, 0.3) is 5.91 Å². The zero-order valence-corrected chi connectivity index (χ0v) is 11.1. The number of carboxylic acid groups (broad SMARTS) is 1. The van der Waals surface area contributed by atoms with Gasteiger partial charge >= 0.3 is 5.97 Å². The van der Waals surface area contributed by atoms with Gasteiger partial charge in [-0.3, -0.25) is 4.79 Å². The molecule has 1 aromatic rings. The molecule has 1 saturated heterocycles. The van der Waals surface area contributed by atoms with Crippen LogP contribution in [0.5, 0.6) is 0 Å². The molecule has 102 valence electrons. The summed E-state index contributed by atoms with van der Waals surface area (Å²) in [5.74, 6) is -1.54. The van der Waals surface area contributed by atoms with Crippen molar-refractivity contribution in [2.45, 2.75) is 25.3 Å². The van der Waals surface area contributed by atoms with Crippen molar-refractivity contribution in [1.29, 1.82) is 0 Å². The predicted octanol–water partition coefficient (Wildman–Crippen LogP) is 1.88. The van der Waals surface area contributed by atoms with Crippen LogP contribution in [0.3, 0.4) is 0 Å². The van der Waals surface area contributed by atoms with Gasteiger partial charge in [0.15, 0.2) is 0 Å². The molecule has 0 saturated carbocycles. The van der Waals surface area contributed by atoms with E-state index < -0.39 is 17.9 Å². The van der Waals surface area contributed by atoms with Crippen LogP contribution in [0, 0.1) is 0 Å². The third-order valence-corrected chi connectivity index (χ3v) is 3.65. The van der Waals surface area contributed by atoms with Crippen LogP contribution in [0.4, 0.5) is 5.69 Å². The summed E-state index contributed by atoms with van der Waals surface area (Å²) in [6, 6.07) is 4.32. The Hall–Kier alpha value is -1.75. The van der Waals surface area contributed by atoms with Crippen LogP contribution in [0.1, 0.15) is 29.6 Å². The zero-order chi connectivity index (χ0) is 14.0. The van der Waals surface area contributed by atoms with E-state index in [-0.39, 0.29) is 10.6 Å². The standard InChI is InChI=1S/C13H15ClN2O3/c14-8-4-3-6-9(11(8)12(15)17)16-7-2-1-5-10(16)13(18)19/h3-4,6,10H,1-2,5,7H2,(H2,15,17)(H,18,19). The van der Waals surface area contributed by atoms with Crippen molar-refractivity contribution >= 4 is 29.2 Å². The quantitative estimate of drug-likeness (QED) is 0.887. The lowest BCUT2D eigenvalue weighted by Crippen LogP contribution is -2.45. The number of piperidine rings is 1. The molecule has 1 amide bonds. The minimum Gasteiger partial charge on any atom is -0.480 e. The highest BCUT2D eigenvalue weighted by atomic mass is 35.5. The lowest BCUT2D eigenvalue weighted by molar-refractivity contribution is -0.139. The van der Waals surface area contributed by atoms with Gasteiger partial charge in [-0.2, -0.15) is 0 Å². The maximum absolute atomic E-state index is 11.5. The lowest BCUT2D eigenvalue weighted by Gasteiger charge is -2.35. The number of primary amides is 1. The summed E-state index contributed by atoms with van der Waals surface area (Å²) in [5.41, 5.74) is 6.04. The lowest BCUT2D eigenvalue weighted by atomic mass is 9.99. The topological polar surface area (TPSA) is 83.6 Å². The summed E-state index contributed by atoms with van der Waals surface area (Å²) in [4.78, 5) is 24.5. The molecule has 6 heteroatoms. The average molecular weight is 283 g/mol. The first kappa shape index (κ1) is 13.7. The molecule has 1 heterocycles. The number of carbonyl (C=O) groups is 2. The van der Waals surface area contributed by atoms with Gasteiger partial charge in [-0.1, -0.05) is 17.7 Å². The van der Waals surface area contributed by atoms with Crippen molar-refractivity contribution in [2.75, 3.05) is 11.4 Å². The van der Waals surface area contributed by atoms with Crippen molar-refractivity contribution in [1.82, 2.24) is 0 Å². The molecule has 2 rings (SSSR count). The van der Waals surface area contributed by atoms with Gasteiger partial charge in [0.1, 0.15) is 6.04 Å². The molecule has 1 fully saturated rings. The molecule has 5 nitrogen and oxygen atoms in total. The Morgan fingerprint density at radius 1 is 1.37 bits per heavy atom. The van der Waals surface area contributed by atoms with Gasteiger partial charge in [-0.25, -0.2) is 4.79 Å². The van der Waals surface area contributed by atoms with Crippen LogP contribution in [0.15, 0.2) is 18.2 Å². The molecule has 1 aliphatic rings. The summed E-state index contributed by atoms with van der Waals surface area (Å²) in [6.07, 6.45) is 2.30. The van der Waals surface area contributed by atoms with Crippen molar-refractivity contribution in [3.63, 3.8) is 0 Å². The van der Waals surface area contributed by atoms with Crippen molar-refractivity contribution in [3.05, 3.63) is 28.8 Å². The van der Waals surface area contributed by atoms with Crippen LogP contribution < -0.4 is 10.6 Å². The van der Waals surface area contributed by atoms with E-state index in [4.69, 9.17) is 17.3 Å². The molecule has 0 aliphatic carbocycles. The molecule has 1 aliphatic heterocycles. The van der Waals surface area contributed by atoms with Gasteiger partial charge in [0, 0.05) is 6.54 Å². The van der Waals surface area contributed by atoms with E-state index in [1.54, 1.807) is 23.1 Å². The van der Waals surface area contributed by atoms with Crippen LogP contribution in [0.2, 0.25) is 5.02 Å². The Morgan fingerprint density at radius 2 is 2.11 bits per heavy atom. The van der Waals surface area contributed by atoms with Gasteiger partial charge in [0.2, 0.25) is 0 Å². The van der Waals surface area contributed by atoms with Gasteiger partial charge in [-0.05, 0) is 31.4 Å². The van der Waals surface area contributed by atoms with Crippen molar-refractivity contribution < 1.29 is 14.7 Å². The Morgan fingerprint density at radius 3 is 2.74 bits per heavy atom. The number of hydrogen-bond acceptors (Lipinski definition) is 3. The smallest absolute Gasteiger partial charge is 0.326 e. The Labute approximate surface area is 116 Å². The number of aliphatic carboxylic acids is 1. The summed E-state index contributed by atoms with van der Waals surface area (Å²) in [5, 5.41) is 9.53. The molecule has 0 spiro atoms. The Balaban J connectivity index is 2.47. The number of carbonyl (C=O) groups excluding carboxylic acids is 1. The molecule has 0 radical (unpaired) electrons. The number of halogens is 1. The largest absolute Gasteiger partial charge is 0.480 e. The van der Waals surface area contributed by atoms with Crippen LogP contribution >= 0.6 is 11.6 Å². The molecule has 1 aromatic carbocycles. The second kappa shape index (κ2) is 5.48. The SMILES string of the molecule is NC(=O)c1c(Cl)cccc1N1CCCCC1C(=O)O. The van der Waals surface area contributed by atoms with E-state index in [9.17, 15) is 14.7 Å². The molecular formula is C13H15ClN2O3. The number of hydrogen-bond donors (Lipinski definition) is 2. The highest BCUT2D eigenvalue weighted by Crippen LogP contribution is 2.31. The van der Waals surface area contributed by atoms with Gasteiger partial charge < -0.3 is 15.7 Å². The summed E-state index contributed by atoms with van der Waals surface area (Å²) in [7, 11) is 0. The Bertz CT molecular complexity index is 519. The molecular weight excluding hydrogens is 268 g/mol. The fourth-order valence-corrected chi connectivity index (χ4v) is 2.74.